The summed E-state index contributed by atoms with van der Waals surface area (Å²) in [5, 5.41) is 4.21. The Balaban J connectivity index is 1.52. The summed E-state index contributed by atoms with van der Waals surface area (Å²) >= 11 is 0. The van der Waals surface area contributed by atoms with E-state index in [9.17, 15) is 9.59 Å². The SMILES string of the molecule is CCCCN(CC(=O)N(CCc1c[nH]c2ccccc12)Cc1ccc(OC)cc1)C(=O)Nc1ccccc1CC. The van der Waals surface area contributed by atoms with Crippen LogP contribution in [0.15, 0.2) is 79.0 Å². The lowest BCUT2D eigenvalue weighted by atomic mass is 10.1. The summed E-state index contributed by atoms with van der Waals surface area (Å²) in [4.78, 5) is 34.0. The lowest BCUT2D eigenvalue weighted by Crippen LogP contribution is -2.45. The van der Waals surface area contributed by atoms with E-state index in [-0.39, 0.29) is 18.5 Å². The Morgan fingerprint density at radius 2 is 1.62 bits per heavy atom. The highest BCUT2D eigenvalue weighted by Gasteiger charge is 2.22. The molecule has 2 N–H and O–H groups in total. The number of carbonyl (C=O) groups is 2. The average molecular weight is 541 g/mol. The van der Waals surface area contributed by atoms with Gasteiger partial charge in [-0.25, -0.2) is 4.79 Å². The zero-order valence-corrected chi connectivity index (χ0v) is 23.8. The molecule has 0 aliphatic heterocycles. The molecule has 0 bridgehead atoms. The molecule has 3 amide bonds. The summed E-state index contributed by atoms with van der Waals surface area (Å²) in [6.45, 7) is 5.67. The second-order valence-electron chi connectivity index (χ2n) is 9.99. The predicted molar refractivity (Wildman–Crippen MR) is 162 cm³/mol. The number of H-pyrrole nitrogens is 1. The van der Waals surface area contributed by atoms with Crippen LogP contribution in [0.2, 0.25) is 0 Å². The molecule has 0 atom stereocenters. The van der Waals surface area contributed by atoms with Gasteiger partial charge in [-0.2, -0.15) is 0 Å². The number of para-hydroxylation sites is 2. The van der Waals surface area contributed by atoms with Crippen LogP contribution in [0.1, 0.15) is 43.4 Å². The van der Waals surface area contributed by atoms with E-state index in [2.05, 4.69) is 36.3 Å². The summed E-state index contributed by atoms with van der Waals surface area (Å²) in [6, 6.07) is 23.5. The molecule has 4 rings (SSSR count). The van der Waals surface area contributed by atoms with E-state index in [1.807, 2.05) is 71.8 Å². The molecule has 4 aromatic rings. The van der Waals surface area contributed by atoms with Gasteiger partial charge in [0.2, 0.25) is 5.91 Å². The number of carbonyl (C=O) groups excluding carboxylic acids is 2. The van der Waals surface area contributed by atoms with E-state index in [4.69, 9.17) is 4.74 Å². The van der Waals surface area contributed by atoms with Crippen LogP contribution in [0.3, 0.4) is 0 Å². The van der Waals surface area contributed by atoms with Crippen molar-refractivity contribution in [2.75, 3.05) is 32.1 Å². The number of unbranched alkanes of at least 4 members (excludes halogenated alkanes) is 1. The van der Waals surface area contributed by atoms with Crippen molar-refractivity contribution in [3.63, 3.8) is 0 Å². The summed E-state index contributed by atoms with van der Waals surface area (Å²) in [6.07, 6.45) is 5.29. The fourth-order valence-electron chi connectivity index (χ4n) is 4.85. The van der Waals surface area contributed by atoms with Crippen LogP contribution < -0.4 is 10.1 Å². The van der Waals surface area contributed by atoms with Gasteiger partial charge in [-0.1, -0.05) is 68.8 Å². The number of fused-ring (bicyclic) bond motifs is 1. The van der Waals surface area contributed by atoms with Crippen LogP contribution in [0, 0.1) is 0 Å². The molecule has 3 aromatic carbocycles. The van der Waals surface area contributed by atoms with E-state index in [0.717, 1.165) is 52.7 Å². The normalized spacial score (nSPS) is 10.9. The second kappa shape index (κ2) is 14.2. The third-order valence-corrected chi connectivity index (χ3v) is 7.25. The van der Waals surface area contributed by atoms with E-state index >= 15 is 0 Å². The fourth-order valence-corrected chi connectivity index (χ4v) is 4.85. The van der Waals surface area contributed by atoms with Gasteiger partial charge in [0, 0.05) is 42.4 Å². The molecule has 0 spiro atoms. The van der Waals surface area contributed by atoms with Crippen LogP contribution in [0.25, 0.3) is 10.9 Å². The molecule has 0 aliphatic rings. The first-order valence-electron chi connectivity index (χ1n) is 14.1. The molecule has 0 radical (unpaired) electrons. The van der Waals surface area contributed by atoms with Crippen LogP contribution in [-0.4, -0.2) is 53.5 Å². The van der Waals surface area contributed by atoms with Gasteiger partial charge in [0.25, 0.3) is 0 Å². The zero-order valence-electron chi connectivity index (χ0n) is 23.8. The number of anilines is 1. The first kappa shape index (κ1) is 28.7. The minimum atomic E-state index is -0.247. The van der Waals surface area contributed by atoms with Crippen LogP contribution in [0.5, 0.6) is 5.75 Å². The molecule has 210 valence electrons. The van der Waals surface area contributed by atoms with Gasteiger partial charge in [0.05, 0.1) is 7.11 Å². The van der Waals surface area contributed by atoms with Crippen molar-refractivity contribution in [1.29, 1.82) is 0 Å². The first-order valence-corrected chi connectivity index (χ1v) is 14.1. The van der Waals surface area contributed by atoms with Crippen LogP contribution >= 0.6 is 0 Å². The van der Waals surface area contributed by atoms with Gasteiger partial charge in [0.15, 0.2) is 0 Å². The highest BCUT2D eigenvalue weighted by molar-refractivity contribution is 5.93. The Bertz CT molecular complexity index is 1400. The molecule has 0 saturated heterocycles. The number of nitrogens with one attached hydrogen (secondary N) is 2. The topological polar surface area (TPSA) is 77.7 Å². The number of ether oxygens (including phenoxy) is 1. The van der Waals surface area contributed by atoms with Crippen molar-refractivity contribution in [3.05, 3.63) is 95.7 Å². The fraction of sp³-hybridized carbons (Fsp3) is 0.333. The zero-order chi connectivity index (χ0) is 28.3. The van der Waals surface area contributed by atoms with E-state index in [1.54, 1.807) is 12.0 Å². The minimum absolute atomic E-state index is 0.0180. The predicted octanol–water partition coefficient (Wildman–Crippen LogP) is 6.64. The lowest BCUT2D eigenvalue weighted by molar-refractivity contribution is -0.132. The summed E-state index contributed by atoms with van der Waals surface area (Å²) in [7, 11) is 1.64. The number of aryl methyl sites for hydroxylation is 1. The lowest BCUT2D eigenvalue weighted by Gasteiger charge is -2.28. The van der Waals surface area contributed by atoms with Gasteiger partial charge in [-0.3, -0.25) is 4.79 Å². The standard InChI is InChI=1S/C33H40N4O3/c1-4-6-20-37(33(39)35-30-13-9-7-11-26(30)5-2)24-32(38)36(23-25-15-17-28(40-3)18-16-25)21-19-27-22-34-31-14-10-8-12-29(27)31/h7-18,22,34H,4-6,19-21,23-24H2,1-3H3,(H,35,39). The smallest absolute Gasteiger partial charge is 0.322 e. The van der Waals surface area contributed by atoms with Gasteiger partial charge < -0.3 is 24.8 Å². The molecular formula is C33H40N4O3. The summed E-state index contributed by atoms with van der Waals surface area (Å²) in [5.74, 6) is 0.695. The van der Waals surface area contributed by atoms with Gasteiger partial charge in [-0.15, -0.1) is 0 Å². The van der Waals surface area contributed by atoms with Crippen molar-refractivity contribution < 1.29 is 14.3 Å². The van der Waals surface area contributed by atoms with Crippen molar-refractivity contribution in [1.82, 2.24) is 14.8 Å². The van der Waals surface area contributed by atoms with Crippen molar-refractivity contribution >= 4 is 28.5 Å². The van der Waals surface area contributed by atoms with Gasteiger partial charge in [0.1, 0.15) is 12.3 Å². The van der Waals surface area contributed by atoms with Gasteiger partial charge >= 0.3 is 6.03 Å². The quantitative estimate of drug-likeness (QED) is 0.199. The number of hydrogen-bond acceptors (Lipinski definition) is 3. The highest BCUT2D eigenvalue weighted by Crippen LogP contribution is 2.20. The number of hydrogen-bond donors (Lipinski definition) is 2. The van der Waals surface area contributed by atoms with E-state index in [0.29, 0.717) is 26.1 Å². The molecule has 1 aromatic heterocycles. The largest absolute Gasteiger partial charge is 0.497 e. The average Bonchev–Trinajstić information content (AvgIpc) is 3.40. The number of nitrogens with zero attached hydrogens (tertiary/aromatic N) is 2. The molecule has 0 saturated carbocycles. The number of urea groups is 1. The molecular weight excluding hydrogens is 500 g/mol. The highest BCUT2D eigenvalue weighted by atomic mass is 16.5. The molecule has 0 fully saturated rings. The van der Waals surface area contributed by atoms with Crippen molar-refractivity contribution in [3.8, 4) is 5.75 Å². The molecule has 1 heterocycles. The summed E-state index contributed by atoms with van der Waals surface area (Å²) in [5.41, 5.74) is 5.12. The Hall–Kier alpha value is -4.26. The van der Waals surface area contributed by atoms with Crippen LogP contribution in [0.4, 0.5) is 10.5 Å². The maximum atomic E-state index is 13.8. The van der Waals surface area contributed by atoms with Gasteiger partial charge in [-0.05, 0) is 60.2 Å². The number of amides is 3. The number of rotatable bonds is 13. The maximum absolute atomic E-state index is 13.8. The Morgan fingerprint density at radius 1 is 0.875 bits per heavy atom. The minimum Gasteiger partial charge on any atom is -0.497 e. The molecule has 7 nitrogen and oxygen atoms in total. The number of aromatic amines is 1. The third kappa shape index (κ3) is 7.44. The molecule has 40 heavy (non-hydrogen) atoms. The number of methoxy groups -OCH3 is 1. The monoisotopic (exact) mass is 540 g/mol. The third-order valence-electron chi connectivity index (χ3n) is 7.25. The maximum Gasteiger partial charge on any atom is 0.322 e. The Morgan fingerprint density at radius 3 is 2.38 bits per heavy atom. The molecule has 7 heteroatoms. The van der Waals surface area contributed by atoms with E-state index < -0.39 is 0 Å². The first-order chi connectivity index (χ1) is 19.5. The van der Waals surface area contributed by atoms with Crippen molar-refractivity contribution in [2.45, 2.75) is 46.1 Å². The molecule has 0 unspecified atom stereocenters. The summed E-state index contributed by atoms with van der Waals surface area (Å²) < 4.78 is 5.31. The Kier molecular flexibility index (Phi) is 10.2. The van der Waals surface area contributed by atoms with Crippen molar-refractivity contribution in [2.24, 2.45) is 0 Å². The second-order valence-corrected chi connectivity index (χ2v) is 9.99. The number of benzene rings is 3. The van der Waals surface area contributed by atoms with E-state index in [1.165, 1.54) is 5.56 Å². The molecule has 0 aliphatic carbocycles. The Labute approximate surface area is 237 Å². The number of aromatic nitrogens is 1. The van der Waals surface area contributed by atoms with Crippen LogP contribution in [-0.2, 0) is 24.2 Å².